The molecule has 0 fully saturated rings. The van der Waals surface area contributed by atoms with Crippen LogP contribution in [-0.2, 0) is 4.79 Å². The number of nitro groups is 1. The van der Waals surface area contributed by atoms with E-state index < -0.39 is 16.8 Å². The molecule has 108 valence electrons. The lowest BCUT2D eigenvalue weighted by Crippen LogP contribution is -2.30. The van der Waals surface area contributed by atoms with Gasteiger partial charge in [0, 0.05) is 19.7 Å². The Kier molecular flexibility index (Phi) is 5.01. The van der Waals surface area contributed by atoms with Crippen molar-refractivity contribution in [1.82, 2.24) is 4.90 Å². The van der Waals surface area contributed by atoms with E-state index in [0.29, 0.717) is 0 Å². The number of carboxylic acid groups (broad SMARTS) is 1. The summed E-state index contributed by atoms with van der Waals surface area (Å²) >= 11 is 0. The van der Waals surface area contributed by atoms with Crippen molar-refractivity contribution in [3.05, 3.63) is 33.9 Å². The Bertz CT molecular complexity index is 543. The Labute approximate surface area is 114 Å². The zero-order chi connectivity index (χ0) is 15.3. The standard InChI is InChI=1S/C12H14N2O6/c1-13(7-6-10(15)16)12(17)11-8(14(18)19)4-3-5-9(11)20-2/h3-5H,6-7H2,1-2H3,(H,15,16). The monoisotopic (exact) mass is 282 g/mol. The number of hydrogen-bond donors (Lipinski definition) is 1. The predicted molar refractivity (Wildman–Crippen MR) is 68.9 cm³/mol. The van der Waals surface area contributed by atoms with Crippen LogP contribution in [0, 0.1) is 10.1 Å². The highest BCUT2D eigenvalue weighted by molar-refractivity contribution is 6.00. The average Bonchev–Trinajstić information content (AvgIpc) is 2.42. The van der Waals surface area contributed by atoms with E-state index in [1.807, 2.05) is 0 Å². The molecular formula is C12H14N2O6. The summed E-state index contributed by atoms with van der Waals surface area (Å²) in [6.45, 7) is -0.0522. The lowest BCUT2D eigenvalue weighted by Gasteiger charge is -2.17. The normalized spacial score (nSPS) is 9.90. The summed E-state index contributed by atoms with van der Waals surface area (Å²) in [5.41, 5.74) is -0.565. The van der Waals surface area contributed by atoms with Crippen LogP contribution in [0.15, 0.2) is 18.2 Å². The minimum Gasteiger partial charge on any atom is -0.496 e. The second kappa shape index (κ2) is 6.50. The van der Waals surface area contributed by atoms with Crippen LogP contribution in [0.25, 0.3) is 0 Å². The Balaban J connectivity index is 3.13. The molecule has 20 heavy (non-hydrogen) atoms. The molecule has 1 aromatic carbocycles. The van der Waals surface area contributed by atoms with Crippen LogP contribution >= 0.6 is 0 Å². The Morgan fingerprint density at radius 1 is 1.45 bits per heavy atom. The van der Waals surface area contributed by atoms with E-state index >= 15 is 0 Å². The van der Waals surface area contributed by atoms with Crippen molar-refractivity contribution in [2.45, 2.75) is 6.42 Å². The second-order valence-corrected chi connectivity index (χ2v) is 3.98. The molecule has 0 atom stereocenters. The van der Waals surface area contributed by atoms with Crippen molar-refractivity contribution >= 4 is 17.6 Å². The van der Waals surface area contributed by atoms with Gasteiger partial charge >= 0.3 is 5.97 Å². The van der Waals surface area contributed by atoms with Gasteiger partial charge in [-0.05, 0) is 6.07 Å². The fourth-order valence-corrected chi connectivity index (χ4v) is 1.61. The minimum atomic E-state index is -1.06. The summed E-state index contributed by atoms with van der Waals surface area (Å²) in [7, 11) is 2.68. The fourth-order valence-electron chi connectivity index (χ4n) is 1.61. The largest absolute Gasteiger partial charge is 0.496 e. The van der Waals surface area contributed by atoms with Crippen LogP contribution in [-0.4, -0.2) is 47.5 Å². The maximum atomic E-state index is 12.2. The lowest BCUT2D eigenvalue weighted by atomic mass is 10.1. The molecule has 0 saturated heterocycles. The van der Waals surface area contributed by atoms with Crippen LogP contribution in [0.5, 0.6) is 5.75 Å². The molecule has 1 aromatic rings. The number of ether oxygens (including phenoxy) is 1. The molecule has 0 spiro atoms. The molecule has 1 N–H and O–H groups in total. The van der Waals surface area contributed by atoms with Crippen LogP contribution < -0.4 is 4.74 Å². The van der Waals surface area contributed by atoms with E-state index in [-0.39, 0.29) is 30.0 Å². The van der Waals surface area contributed by atoms with Gasteiger partial charge in [-0.15, -0.1) is 0 Å². The maximum Gasteiger partial charge on any atom is 0.305 e. The third-order valence-electron chi connectivity index (χ3n) is 2.64. The number of benzene rings is 1. The third-order valence-corrected chi connectivity index (χ3v) is 2.64. The summed E-state index contributed by atoms with van der Waals surface area (Å²) in [5.74, 6) is -1.64. The Morgan fingerprint density at radius 2 is 2.10 bits per heavy atom. The van der Waals surface area contributed by atoms with Gasteiger partial charge in [0.1, 0.15) is 5.75 Å². The predicted octanol–water partition coefficient (Wildman–Crippen LogP) is 1.15. The van der Waals surface area contributed by atoms with Gasteiger partial charge in [-0.25, -0.2) is 0 Å². The molecule has 8 nitrogen and oxygen atoms in total. The topological polar surface area (TPSA) is 110 Å². The van der Waals surface area contributed by atoms with Gasteiger partial charge < -0.3 is 14.7 Å². The van der Waals surface area contributed by atoms with E-state index in [9.17, 15) is 19.7 Å². The van der Waals surface area contributed by atoms with E-state index in [4.69, 9.17) is 9.84 Å². The molecule has 8 heteroatoms. The second-order valence-electron chi connectivity index (χ2n) is 3.98. The van der Waals surface area contributed by atoms with Crippen LogP contribution in [0.4, 0.5) is 5.69 Å². The quantitative estimate of drug-likeness (QED) is 0.619. The number of carbonyl (C=O) groups is 2. The molecule has 0 bridgehead atoms. The van der Waals surface area contributed by atoms with Crippen LogP contribution in [0.1, 0.15) is 16.8 Å². The van der Waals surface area contributed by atoms with Crippen LogP contribution in [0.2, 0.25) is 0 Å². The van der Waals surface area contributed by atoms with Crippen molar-refractivity contribution in [2.75, 3.05) is 20.7 Å². The number of aliphatic carboxylic acids is 1. The molecule has 1 rings (SSSR count). The third kappa shape index (κ3) is 3.44. The summed E-state index contributed by atoms with van der Waals surface area (Å²) in [5, 5.41) is 19.6. The molecule has 0 aromatic heterocycles. The first-order valence-electron chi connectivity index (χ1n) is 5.67. The first kappa shape index (κ1) is 15.4. The fraction of sp³-hybridized carbons (Fsp3) is 0.333. The highest BCUT2D eigenvalue weighted by Crippen LogP contribution is 2.29. The highest BCUT2D eigenvalue weighted by Gasteiger charge is 2.27. The van der Waals surface area contributed by atoms with E-state index in [2.05, 4.69) is 0 Å². The zero-order valence-electron chi connectivity index (χ0n) is 11.0. The van der Waals surface area contributed by atoms with Gasteiger partial charge in [0.2, 0.25) is 0 Å². The molecule has 1 amide bonds. The van der Waals surface area contributed by atoms with Gasteiger partial charge in [0.15, 0.2) is 5.56 Å². The van der Waals surface area contributed by atoms with Crippen LogP contribution in [0.3, 0.4) is 0 Å². The molecule has 0 radical (unpaired) electrons. The van der Waals surface area contributed by atoms with Gasteiger partial charge in [-0.1, -0.05) is 6.07 Å². The Hall–Kier alpha value is -2.64. The van der Waals surface area contributed by atoms with Crippen molar-refractivity contribution < 1.29 is 24.4 Å². The van der Waals surface area contributed by atoms with Gasteiger partial charge in [-0.2, -0.15) is 0 Å². The van der Waals surface area contributed by atoms with Gasteiger partial charge in [0.25, 0.3) is 11.6 Å². The van der Waals surface area contributed by atoms with Crippen molar-refractivity contribution in [3.63, 3.8) is 0 Å². The first-order valence-corrected chi connectivity index (χ1v) is 5.67. The molecular weight excluding hydrogens is 268 g/mol. The summed E-state index contributed by atoms with van der Waals surface area (Å²) in [6, 6.07) is 4.04. The van der Waals surface area contributed by atoms with E-state index in [1.165, 1.54) is 32.4 Å². The first-order chi connectivity index (χ1) is 9.38. The highest BCUT2D eigenvalue weighted by atomic mass is 16.6. The van der Waals surface area contributed by atoms with Gasteiger partial charge in [-0.3, -0.25) is 19.7 Å². The summed E-state index contributed by atoms with van der Waals surface area (Å²) < 4.78 is 4.96. The number of nitrogens with zero attached hydrogens (tertiary/aromatic N) is 2. The minimum absolute atomic E-state index is 0.0522. The molecule has 0 heterocycles. The van der Waals surface area contributed by atoms with Crippen molar-refractivity contribution in [1.29, 1.82) is 0 Å². The van der Waals surface area contributed by atoms with Crippen molar-refractivity contribution in [2.24, 2.45) is 0 Å². The molecule has 0 aliphatic rings. The zero-order valence-corrected chi connectivity index (χ0v) is 11.0. The van der Waals surface area contributed by atoms with E-state index in [0.717, 1.165) is 4.90 Å². The molecule has 0 unspecified atom stereocenters. The SMILES string of the molecule is COc1cccc([N+](=O)[O-])c1C(=O)N(C)CCC(=O)O. The smallest absolute Gasteiger partial charge is 0.305 e. The number of carbonyl (C=O) groups excluding carboxylic acids is 1. The maximum absolute atomic E-state index is 12.2. The van der Waals surface area contributed by atoms with Crippen molar-refractivity contribution in [3.8, 4) is 5.75 Å². The van der Waals surface area contributed by atoms with E-state index in [1.54, 1.807) is 0 Å². The number of nitro benzene ring substituents is 1. The number of hydrogen-bond acceptors (Lipinski definition) is 5. The van der Waals surface area contributed by atoms with Gasteiger partial charge in [0.05, 0.1) is 18.5 Å². The number of methoxy groups -OCH3 is 1. The molecule has 0 aliphatic heterocycles. The number of carboxylic acids is 1. The Morgan fingerprint density at radius 3 is 2.60 bits per heavy atom. The number of amides is 1. The molecule has 0 saturated carbocycles. The lowest BCUT2D eigenvalue weighted by molar-refractivity contribution is -0.385. The average molecular weight is 282 g/mol. The summed E-state index contributed by atoms with van der Waals surface area (Å²) in [6.07, 6.45) is -0.245. The molecule has 0 aliphatic carbocycles. The summed E-state index contributed by atoms with van der Waals surface area (Å²) in [4.78, 5) is 34.1. The number of rotatable bonds is 6.